The summed E-state index contributed by atoms with van der Waals surface area (Å²) in [4.78, 5) is 24.6. The Labute approximate surface area is 172 Å². The van der Waals surface area contributed by atoms with Gasteiger partial charge in [-0.25, -0.2) is 13.1 Å². The molecule has 1 atom stereocenters. The van der Waals surface area contributed by atoms with Crippen LogP contribution in [0.1, 0.15) is 24.2 Å². The number of aliphatic hydroxyl groups is 1. The third kappa shape index (κ3) is 3.56. The van der Waals surface area contributed by atoms with E-state index in [2.05, 4.69) is 4.72 Å². The summed E-state index contributed by atoms with van der Waals surface area (Å²) in [5.41, 5.74) is -1.15. The fourth-order valence-corrected chi connectivity index (χ4v) is 4.33. The molecule has 2 N–H and O–H groups in total. The lowest BCUT2D eigenvalue weighted by Gasteiger charge is -2.25. The number of imide groups is 1. The van der Waals surface area contributed by atoms with Crippen molar-refractivity contribution in [3.63, 3.8) is 0 Å². The molecule has 3 heterocycles. The summed E-state index contributed by atoms with van der Waals surface area (Å²) >= 11 is 0. The summed E-state index contributed by atoms with van der Waals surface area (Å²) < 4.78 is 38.2. The van der Waals surface area contributed by atoms with Crippen molar-refractivity contribution in [3.8, 4) is 0 Å². The third-order valence-corrected chi connectivity index (χ3v) is 6.32. The van der Waals surface area contributed by atoms with Crippen LogP contribution < -0.4 is 9.62 Å². The van der Waals surface area contributed by atoms with E-state index in [4.69, 9.17) is 8.83 Å². The molecule has 1 aliphatic rings. The topological polar surface area (TPSA) is 130 Å². The maximum atomic E-state index is 12.8. The smallest absolute Gasteiger partial charge is 0.240 e. The van der Waals surface area contributed by atoms with Crippen LogP contribution >= 0.6 is 0 Å². The first-order valence-corrected chi connectivity index (χ1v) is 10.5. The monoisotopic (exact) mass is 430 g/mol. The predicted octanol–water partition coefficient (Wildman–Crippen LogP) is 1.74. The molecule has 0 aliphatic carbocycles. The van der Waals surface area contributed by atoms with Crippen LogP contribution in [-0.2, 0) is 25.2 Å². The van der Waals surface area contributed by atoms with Gasteiger partial charge in [-0.1, -0.05) is 0 Å². The zero-order valence-electron chi connectivity index (χ0n) is 15.6. The normalized spacial score (nSPS) is 16.8. The highest BCUT2D eigenvalue weighted by atomic mass is 32.2. The molecule has 1 saturated heterocycles. The molecule has 1 aliphatic heterocycles. The highest BCUT2D eigenvalue weighted by Crippen LogP contribution is 2.30. The number of hydrogen-bond donors (Lipinski definition) is 2. The first-order valence-electron chi connectivity index (χ1n) is 9.06. The van der Waals surface area contributed by atoms with Crippen LogP contribution in [0.2, 0.25) is 0 Å². The van der Waals surface area contributed by atoms with Gasteiger partial charge in [-0.2, -0.15) is 0 Å². The van der Waals surface area contributed by atoms with Crippen molar-refractivity contribution in [2.75, 3.05) is 11.4 Å². The summed E-state index contributed by atoms with van der Waals surface area (Å²) in [6.07, 6.45) is 4.31. The number of nitrogens with zero attached hydrogens (tertiary/aromatic N) is 1. The van der Waals surface area contributed by atoms with E-state index in [1.807, 2.05) is 0 Å². The molecule has 4 rings (SSSR count). The van der Waals surface area contributed by atoms with Gasteiger partial charge in [0.15, 0.2) is 5.60 Å². The van der Waals surface area contributed by atoms with Crippen molar-refractivity contribution in [3.05, 3.63) is 72.6 Å². The minimum Gasteiger partial charge on any atom is -0.472 e. The number of furan rings is 2. The predicted molar refractivity (Wildman–Crippen MR) is 104 cm³/mol. The fourth-order valence-electron chi connectivity index (χ4n) is 3.27. The number of nitrogens with one attached hydrogen (secondary N) is 1. The van der Waals surface area contributed by atoms with Crippen LogP contribution in [0.5, 0.6) is 0 Å². The first-order chi connectivity index (χ1) is 14.3. The standard InChI is InChI=1S/C20H18N2O7S/c23-18-7-8-19(24)22(18)15-3-5-16(6-4-15)30(26,27)21-13-20(25,14-9-11-28-12-14)17-2-1-10-29-17/h1-6,9-12,21,25H,7-8,13H2/t20-/m1/s1. The van der Waals surface area contributed by atoms with Gasteiger partial charge in [-0.15, -0.1) is 0 Å². The largest absolute Gasteiger partial charge is 0.472 e. The van der Waals surface area contributed by atoms with Crippen molar-refractivity contribution in [1.82, 2.24) is 4.72 Å². The summed E-state index contributed by atoms with van der Waals surface area (Å²) in [6.45, 7) is -0.409. The zero-order valence-corrected chi connectivity index (χ0v) is 16.5. The highest BCUT2D eigenvalue weighted by Gasteiger charge is 2.37. The number of sulfonamides is 1. The molecular formula is C20H18N2O7S. The Morgan fingerprint density at radius 1 is 1.03 bits per heavy atom. The van der Waals surface area contributed by atoms with Crippen LogP contribution in [-0.4, -0.2) is 31.9 Å². The van der Waals surface area contributed by atoms with Gasteiger partial charge in [0.05, 0.1) is 35.9 Å². The molecular weight excluding hydrogens is 412 g/mol. The Kier molecular flexibility index (Phi) is 5.06. The third-order valence-electron chi connectivity index (χ3n) is 4.90. The summed E-state index contributed by atoms with van der Waals surface area (Å²) in [7, 11) is -4.01. The lowest BCUT2D eigenvalue weighted by molar-refractivity contribution is -0.121. The van der Waals surface area contributed by atoms with Crippen molar-refractivity contribution < 1.29 is 31.9 Å². The molecule has 2 aromatic heterocycles. The molecule has 9 nitrogen and oxygen atoms in total. The Hall–Kier alpha value is -3.21. The molecule has 3 aromatic rings. The number of rotatable bonds is 7. The van der Waals surface area contributed by atoms with Gasteiger partial charge in [-0.3, -0.25) is 14.5 Å². The summed E-state index contributed by atoms with van der Waals surface area (Å²) in [5, 5.41) is 11.1. The molecule has 0 radical (unpaired) electrons. The Morgan fingerprint density at radius 3 is 2.30 bits per heavy atom. The van der Waals surface area contributed by atoms with Gasteiger partial charge in [0, 0.05) is 18.4 Å². The summed E-state index contributed by atoms with van der Waals surface area (Å²) in [6, 6.07) is 9.99. The maximum Gasteiger partial charge on any atom is 0.240 e. The van der Waals surface area contributed by atoms with Crippen molar-refractivity contribution in [1.29, 1.82) is 0 Å². The van der Waals surface area contributed by atoms with Crippen LogP contribution in [0, 0.1) is 0 Å². The van der Waals surface area contributed by atoms with Gasteiger partial charge in [0.2, 0.25) is 21.8 Å². The molecule has 0 saturated carbocycles. The fraction of sp³-hybridized carbons (Fsp3) is 0.200. The molecule has 0 unspecified atom stereocenters. The molecule has 156 valence electrons. The van der Waals surface area contributed by atoms with E-state index in [1.165, 1.54) is 55.2 Å². The highest BCUT2D eigenvalue weighted by molar-refractivity contribution is 7.89. The number of hydrogen-bond acceptors (Lipinski definition) is 7. The zero-order chi connectivity index (χ0) is 21.4. The van der Waals surface area contributed by atoms with E-state index in [0.29, 0.717) is 11.3 Å². The van der Waals surface area contributed by atoms with E-state index in [0.717, 1.165) is 4.90 Å². The summed E-state index contributed by atoms with van der Waals surface area (Å²) in [5.74, 6) is -0.497. The number of benzene rings is 1. The van der Waals surface area contributed by atoms with Gasteiger partial charge >= 0.3 is 0 Å². The molecule has 30 heavy (non-hydrogen) atoms. The van der Waals surface area contributed by atoms with Gasteiger partial charge in [0.25, 0.3) is 0 Å². The minimum absolute atomic E-state index is 0.0840. The van der Waals surface area contributed by atoms with Gasteiger partial charge in [-0.05, 0) is 42.5 Å². The number of carbonyl (C=O) groups excluding carboxylic acids is 2. The van der Waals surface area contributed by atoms with E-state index < -0.39 is 22.2 Å². The Bertz CT molecular complexity index is 1100. The lowest BCUT2D eigenvalue weighted by atomic mass is 9.94. The Balaban J connectivity index is 1.55. The molecule has 10 heteroatoms. The van der Waals surface area contributed by atoms with Crippen LogP contribution in [0.25, 0.3) is 0 Å². The maximum absolute atomic E-state index is 12.8. The number of carbonyl (C=O) groups is 2. The van der Waals surface area contributed by atoms with E-state index >= 15 is 0 Å². The Morgan fingerprint density at radius 2 is 1.73 bits per heavy atom. The minimum atomic E-state index is -4.01. The van der Waals surface area contributed by atoms with E-state index in [-0.39, 0.29) is 35.3 Å². The van der Waals surface area contributed by atoms with Crippen molar-refractivity contribution in [2.45, 2.75) is 23.3 Å². The second-order valence-corrected chi connectivity index (χ2v) is 8.56. The quantitative estimate of drug-likeness (QED) is 0.546. The average Bonchev–Trinajstić information content (AvgIpc) is 3.50. The average molecular weight is 430 g/mol. The van der Waals surface area contributed by atoms with Gasteiger partial charge < -0.3 is 13.9 Å². The van der Waals surface area contributed by atoms with E-state index in [9.17, 15) is 23.1 Å². The second-order valence-electron chi connectivity index (χ2n) is 6.79. The van der Waals surface area contributed by atoms with Crippen LogP contribution in [0.4, 0.5) is 5.69 Å². The molecule has 1 fully saturated rings. The molecule has 2 amide bonds. The lowest BCUT2D eigenvalue weighted by Crippen LogP contribution is -2.41. The van der Waals surface area contributed by atoms with Crippen LogP contribution in [0.15, 0.2) is 75.0 Å². The number of anilines is 1. The first kappa shape index (κ1) is 20.1. The van der Waals surface area contributed by atoms with Gasteiger partial charge in [0.1, 0.15) is 5.76 Å². The van der Waals surface area contributed by atoms with Crippen molar-refractivity contribution >= 4 is 27.5 Å². The van der Waals surface area contributed by atoms with E-state index in [1.54, 1.807) is 6.07 Å². The molecule has 0 spiro atoms. The second kappa shape index (κ2) is 7.56. The number of amides is 2. The SMILES string of the molecule is O=C1CCC(=O)N1c1ccc(S(=O)(=O)NC[C@@](O)(c2ccoc2)c2ccco2)cc1. The van der Waals surface area contributed by atoms with Crippen molar-refractivity contribution in [2.24, 2.45) is 0 Å². The van der Waals surface area contributed by atoms with Crippen LogP contribution in [0.3, 0.4) is 0 Å². The molecule has 0 bridgehead atoms. The molecule has 1 aromatic carbocycles.